The molecule has 1 N–H and O–H groups in total. The molecule has 2 aliphatic heterocycles. The summed E-state index contributed by atoms with van der Waals surface area (Å²) >= 11 is 0. The summed E-state index contributed by atoms with van der Waals surface area (Å²) < 4.78 is 0. The van der Waals surface area contributed by atoms with Gasteiger partial charge in [-0.15, -0.1) is 0 Å². The van der Waals surface area contributed by atoms with Crippen LogP contribution in [-0.4, -0.2) is 37.0 Å². The highest BCUT2D eigenvalue weighted by Gasteiger charge is 2.37. The first-order valence-corrected chi connectivity index (χ1v) is 6.39. The van der Waals surface area contributed by atoms with E-state index in [1.807, 2.05) is 35.2 Å². The Hall–Kier alpha value is -1.79. The third kappa shape index (κ3) is 2.25. The van der Waals surface area contributed by atoms with Gasteiger partial charge in [0.15, 0.2) is 0 Å². The van der Waals surface area contributed by atoms with E-state index in [1.54, 1.807) is 0 Å². The van der Waals surface area contributed by atoms with Gasteiger partial charge in [-0.25, -0.2) is 0 Å². The van der Waals surface area contributed by atoms with Crippen LogP contribution in [0.4, 0.5) is 0 Å². The van der Waals surface area contributed by atoms with Crippen LogP contribution in [0.15, 0.2) is 30.3 Å². The zero-order chi connectivity index (χ0) is 12.4. The highest BCUT2D eigenvalue weighted by molar-refractivity contribution is 5.94. The number of nitrogens with one attached hydrogen (secondary N) is 1. The van der Waals surface area contributed by atoms with Crippen molar-refractivity contribution >= 4 is 5.91 Å². The van der Waals surface area contributed by atoms with Crippen molar-refractivity contribution in [1.29, 1.82) is 0 Å². The molecule has 3 rings (SSSR count). The molecule has 0 radical (unpaired) electrons. The Morgan fingerprint density at radius 2 is 1.83 bits per heavy atom. The largest absolute Gasteiger partial charge is 0.331 e. The lowest BCUT2D eigenvalue weighted by molar-refractivity contribution is -0.124. The first-order valence-electron chi connectivity index (χ1n) is 6.39. The Morgan fingerprint density at radius 3 is 2.50 bits per heavy atom. The molecule has 2 heterocycles. The Morgan fingerprint density at radius 1 is 1.17 bits per heavy atom. The number of hydrogen-bond acceptors (Lipinski definition) is 2. The van der Waals surface area contributed by atoms with Gasteiger partial charge in [0.25, 0.3) is 5.91 Å². The van der Waals surface area contributed by atoms with E-state index in [1.165, 1.54) is 0 Å². The number of hydrogen-bond donors (Lipinski definition) is 1. The summed E-state index contributed by atoms with van der Waals surface area (Å²) in [5, 5.41) is 3.37. The molecule has 2 fully saturated rings. The van der Waals surface area contributed by atoms with Crippen molar-refractivity contribution < 1.29 is 4.79 Å². The van der Waals surface area contributed by atoms with Gasteiger partial charge in [-0.2, -0.15) is 0 Å². The van der Waals surface area contributed by atoms with Crippen molar-refractivity contribution in [1.82, 2.24) is 10.2 Å². The van der Waals surface area contributed by atoms with Crippen molar-refractivity contribution in [2.45, 2.75) is 0 Å². The lowest BCUT2D eigenvalue weighted by atomic mass is 10.0. The highest BCUT2D eigenvalue weighted by atomic mass is 16.2. The molecule has 0 aromatic heterocycles. The van der Waals surface area contributed by atoms with Crippen molar-refractivity contribution in [2.75, 3.05) is 26.2 Å². The second-order valence-electron chi connectivity index (χ2n) is 5.00. The van der Waals surface area contributed by atoms with Crippen LogP contribution < -0.4 is 5.32 Å². The molecule has 1 aromatic rings. The molecule has 2 aliphatic rings. The van der Waals surface area contributed by atoms with Crippen LogP contribution in [0.25, 0.3) is 0 Å². The highest BCUT2D eigenvalue weighted by Crippen LogP contribution is 2.25. The Balaban J connectivity index is 1.65. The molecule has 0 aliphatic carbocycles. The van der Waals surface area contributed by atoms with E-state index in [4.69, 9.17) is 0 Å². The van der Waals surface area contributed by atoms with Gasteiger partial charge in [0, 0.05) is 37.7 Å². The lowest BCUT2D eigenvalue weighted by Gasteiger charge is -2.13. The maximum absolute atomic E-state index is 12.0. The average Bonchev–Trinajstić information content (AvgIpc) is 2.98. The van der Waals surface area contributed by atoms with Gasteiger partial charge in [0.1, 0.15) is 0 Å². The molecule has 3 nitrogen and oxygen atoms in total. The zero-order valence-corrected chi connectivity index (χ0v) is 10.2. The lowest BCUT2D eigenvalue weighted by Crippen LogP contribution is -2.30. The summed E-state index contributed by atoms with van der Waals surface area (Å²) in [6.45, 7) is 3.81. The number of nitrogens with zero attached hydrogens (tertiary/aromatic N) is 1. The van der Waals surface area contributed by atoms with Gasteiger partial charge < -0.3 is 10.2 Å². The second-order valence-corrected chi connectivity index (χ2v) is 5.00. The average molecular weight is 240 g/mol. The third-order valence-corrected chi connectivity index (χ3v) is 3.76. The number of fused-ring (bicyclic) bond motifs is 1. The smallest absolute Gasteiger partial charge is 0.298 e. The van der Waals surface area contributed by atoms with Crippen molar-refractivity contribution in [3.8, 4) is 11.8 Å². The predicted molar refractivity (Wildman–Crippen MR) is 69.7 cm³/mol. The Kier molecular flexibility index (Phi) is 3.04. The van der Waals surface area contributed by atoms with E-state index >= 15 is 0 Å². The molecule has 1 aromatic carbocycles. The molecule has 2 saturated heterocycles. The van der Waals surface area contributed by atoms with Crippen molar-refractivity contribution in [2.24, 2.45) is 11.8 Å². The molecule has 1 amide bonds. The van der Waals surface area contributed by atoms with Gasteiger partial charge in [-0.05, 0) is 24.0 Å². The number of rotatable bonds is 0. The minimum absolute atomic E-state index is 0.0340. The normalized spacial score (nSPS) is 25.4. The second kappa shape index (κ2) is 4.83. The summed E-state index contributed by atoms with van der Waals surface area (Å²) in [6.07, 6.45) is 0. The van der Waals surface area contributed by atoms with Crippen LogP contribution in [0.2, 0.25) is 0 Å². The molecule has 0 spiro atoms. The fourth-order valence-electron chi connectivity index (χ4n) is 2.75. The molecule has 3 heteroatoms. The molecule has 0 unspecified atom stereocenters. The first-order chi connectivity index (χ1) is 8.83. The van der Waals surface area contributed by atoms with Gasteiger partial charge in [0.05, 0.1) is 0 Å². The van der Waals surface area contributed by atoms with E-state index in [9.17, 15) is 4.79 Å². The van der Waals surface area contributed by atoms with E-state index in [0.717, 1.165) is 31.7 Å². The third-order valence-electron chi connectivity index (χ3n) is 3.76. The number of benzene rings is 1. The fourth-order valence-corrected chi connectivity index (χ4v) is 2.75. The van der Waals surface area contributed by atoms with Gasteiger partial charge in [-0.1, -0.05) is 24.1 Å². The molecule has 2 atom stereocenters. The maximum atomic E-state index is 12.0. The van der Waals surface area contributed by atoms with Gasteiger partial charge >= 0.3 is 0 Å². The minimum atomic E-state index is -0.0340. The summed E-state index contributed by atoms with van der Waals surface area (Å²) in [5.41, 5.74) is 0.895. The quantitative estimate of drug-likeness (QED) is 0.678. The monoisotopic (exact) mass is 240 g/mol. The van der Waals surface area contributed by atoms with E-state index in [2.05, 4.69) is 17.2 Å². The van der Waals surface area contributed by atoms with Crippen LogP contribution in [-0.2, 0) is 4.79 Å². The predicted octanol–water partition coefficient (Wildman–Crippen LogP) is 0.716. The van der Waals surface area contributed by atoms with Crippen LogP contribution in [0.3, 0.4) is 0 Å². The van der Waals surface area contributed by atoms with Gasteiger partial charge in [0.2, 0.25) is 0 Å². The molecule has 92 valence electrons. The fraction of sp³-hybridized carbons (Fsp3) is 0.400. The van der Waals surface area contributed by atoms with Crippen molar-refractivity contribution in [3.05, 3.63) is 35.9 Å². The van der Waals surface area contributed by atoms with Crippen LogP contribution in [0.1, 0.15) is 5.56 Å². The maximum Gasteiger partial charge on any atom is 0.298 e. The zero-order valence-electron chi connectivity index (χ0n) is 10.2. The standard InChI is InChI=1S/C15H16N2O/c18-15(7-6-12-4-2-1-3-5-12)17-10-13-8-16-9-14(13)11-17/h1-5,13-14,16H,8-11H2/t13-,14+. The van der Waals surface area contributed by atoms with E-state index < -0.39 is 0 Å². The number of carbonyl (C=O) groups is 1. The topological polar surface area (TPSA) is 32.3 Å². The number of likely N-dealkylation sites (tertiary alicyclic amines) is 1. The molecule has 18 heavy (non-hydrogen) atoms. The Bertz CT molecular complexity index is 488. The van der Waals surface area contributed by atoms with Crippen LogP contribution >= 0.6 is 0 Å². The number of carbonyl (C=O) groups excluding carboxylic acids is 1. The number of amides is 1. The van der Waals surface area contributed by atoms with E-state index in [-0.39, 0.29) is 5.91 Å². The summed E-state index contributed by atoms with van der Waals surface area (Å²) in [5.74, 6) is 6.91. The minimum Gasteiger partial charge on any atom is -0.331 e. The van der Waals surface area contributed by atoms with Crippen molar-refractivity contribution in [3.63, 3.8) is 0 Å². The van der Waals surface area contributed by atoms with Crippen LogP contribution in [0, 0.1) is 23.7 Å². The van der Waals surface area contributed by atoms with E-state index in [0.29, 0.717) is 11.8 Å². The first kappa shape index (κ1) is 11.3. The molecular formula is C15H16N2O. The molecular weight excluding hydrogens is 224 g/mol. The Labute approximate surface area is 107 Å². The summed E-state index contributed by atoms with van der Waals surface area (Å²) in [6, 6.07) is 9.65. The van der Waals surface area contributed by atoms with Gasteiger partial charge in [-0.3, -0.25) is 4.79 Å². The summed E-state index contributed by atoms with van der Waals surface area (Å²) in [7, 11) is 0. The molecule has 0 saturated carbocycles. The molecule has 0 bridgehead atoms. The van der Waals surface area contributed by atoms with Crippen LogP contribution in [0.5, 0.6) is 0 Å². The SMILES string of the molecule is O=C(C#Cc1ccccc1)N1C[C@H]2CNC[C@H]2C1. The summed E-state index contributed by atoms with van der Waals surface area (Å²) in [4.78, 5) is 13.9.